The molecule has 0 N–H and O–H groups in total. The summed E-state index contributed by atoms with van der Waals surface area (Å²) in [4.78, 5) is 0. The summed E-state index contributed by atoms with van der Waals surface area (Å²) in [5.74, 6) is 0.785. The van der Waals surface area contributed by atoms with Crippen LogP contribution in [-0.2, 0) is 0 Å². The number of hydrogen-bond donors (Lipinski definition) is 0. The van der Waals surface area contributed by atoms with Gasteiger partial charge >= 0.3 is 0 Å². The predicted molar refractivity (Wildman–Crippen MR) is 67.1 cm³/mol. The molecule has 0 amide bonds. The Morgan fingerprint density at radius 1 is 1.40 bits per heavy atom. The summed E-state index contributed by atoms with van der Waals surface area (Å²) in [6, 6.07) is 2.02. The van der Waals surface area contributed by atoms with Crippen LogP contribution in [0.5, 0.6) is 0 Å². The molecule has 2 rings (SSSR count). The van der Waals surface area contributed by atoms with Crippen LogP contribution in [-0.4, -0.2) is 5.33 Å². The van der Waals surface area contributed by atoms with Crippen LogP contribution in [0.3, 0.4) is 0 Å². The molecule has 0 aliphatic heterocycles. The van der Waals surface area contributed by atoms with Gasteiger partial charge in [0.1, 0.15) is 0 Å². The quantitative estimate of drug-likeness (QED) is 0.729. The first-order chi connectivity index (χ1) is 7.40. The van der Waals surface area contributed by atoms with Gasteiger partial charge in [0, 0.05) is 10.9 Å². The highest BCUT2D eigenvalue weighted by molar-refractivity contribution is 9.09. The highest BCUT2D eigenvalue weighted by atomic mass is 79.9. The molecule has 0 bridgehead atoms. The second-order valence-corrected chi connectivity index (χ2v) is 4.81. The Balaban J connectivity index is 2.08. The monoisotopic (exact) mass is 268 g/mol. The van der Waals surface area contributed by atoms with E-state index in [2.05, 4.69) is 22.0 Å². The Kier molecular flexibility index (Phi) is 4.07. The molecule has 0 saturated heterocycles. The van der Waals surface area contributed by atoms with Crippen LogP contribution in [0.2, 0.25) is 0 Å². The van der Waals surface area contributed by atoms with Crippen molar-refractivity contribution in [2.45, 2.75) is 32.1 Å². The van der Waals surface area contributed by atoms with Gasteiger partial charge in [0.2, 0.25) is 0 Å². The lowest BCUT2D eigenvalue weighted by Crippen LogP contribution is -2.09. The summed E-state index contributed by atoms with van der Waals surface area (Å²) >= 11 is 3.60. The van der Waals surface area contributed by atoms with E-state index in [1.54, 1.807) is 6.26 Å². The van der Waals surface area contributed by atoms with E-state index < -0.39 is 0 Å². The first-order valence-corrected chi connectivity index (χ1v) is 6.81. The molecule has 0 radical (unpaired) electrons. The summed E-state index contributed by atoms with van der Waals surface area (Å²) in [7, 11) is 0. The second kappa shape index (κ2) is 5.55. The van der Waals surface area contributed by atoms with Crippen LogP contribution < -0.4 is 0 Å². The first kappa shape index (κ1) is 11.0. The Bertz CT molecular complexity index is 307. The van der Waals surface area contributed by atoms with Crippen LogP contribution >= 0.6 is 15.9 Å². The predicted octanol–water partition coefficient (Wildman–Crippen LogP) is 4.64. The molecule has 1 aliphatic carbocycles. The zero-order valence-corrected chi connectivity index (χ0v) is 10.5. The van der Waals surface area contributed by atoms with Gasteiger partial charge in [-0.1, -0.05) is 46.8 Å². The van der Waals surface area contributed by atoms with Gasteiger partial charge in [-0.05, 0) is 24.8 Å². The molecule has 82 valence electrons. The van der Waals surface area contributed by atoms with Crippen molar-refractivity contribution in [3.8, 4) is 0 Å². The maximum atomic E-state index is 5.09. The third kappa shape index (κ3) is 2.97. The molecule has 0 unspecified atom stereocenters. The Labute approximate surface area is 99.7 Å². The van der Waals surface area contributed by atoms with Gasteiger partial charge in [-0.15, -0.1) is 0 Å². The molecular weight excluding hydrogens is 252 g/mol. The van der Waals surface area contributed by atoms with Gasteiger partial charge in [0.25, 0.3) is 0 Å². The van der Waals surface area contributed by atoms with E-state index in [0.29, 0.717) is 0 Å². The topological polar surface area (TPSA) is 13.1 Å². The van der Waals surface area contributed by atoms with Crippen LogP contribution in [0, 0.1) is 5.92 Å². The number of allylic oxidation sites excluding steroid dienone is 1. The van der Waals surface area contributed by atoms with Crippen molar-refractivity contribution >= 4 is 22.0 Å². The van der Waals surface area contributed by atoms with Gasteiger partial charge in [-0.2, -0.15) is 0 Å². The minimum absolute atomic E-state index is 0.785. The molecule has 1 aromatic heterocycles. The van der Waals surface area contributed by atoms with Crippen molar-refractivity contribution in [1.29, 1.82) is 0 Å². The minimum atomic E-state index is 0.785. The SMILES string of the molecule is BrC/C(=C/c1ccoc1)C1CCCCC1. The summed E-state index contributed by atoms with van der Waals surface area (Å²) in [6.07, 6.45) is 12.7. The fourth-order valence-electron chi connectivity index (χ4n) is 2.31. The molecule has 2 heteroatoms. The zero-order chi connectivity index (χ0) is 10.5. The molecular formula is C13H17BrO. The van der Waals surface area contributed by atoms with Crippen LogP contribution in [0.15, 0.2) is 28.6 Å². The van der Waals surface area contributed by atoms with Gasteiger partial charge in [-0.25, -0.2) is 0 Å². The van der Waals surface area contributed by atoms with Crippen molar-refractivity contribution in [1.82, 2.24) is 0 Å². The average Bonchev–Trinajstić information content (AvgIpc) is 2.80. The van der Waals surface area contributed by atoms with Crippen LogP contribution in [0.25, 0.3) is 6.08 Å². The van der Waals surface area contributed by atoms with Crippen molar-refractivity contribution in [3.63, 3.8) is 0 Å². The number of rotatable bonds is 3. The largest absolute Gasteiger partial charge is 0.472 e. The smallest absolute Gasteiger partial charge is 0.0974 e. The highest BCUT2D eigenvalue weighted by Crippen LogP contribution is 2.31. The molecule has 1 fully saturated rings. The Morgan fingerprint density at radius 2 is 2.20 bits per heavy atom. The normalized spacial score (nSPS) is 19.4. The van der Waals surface area contributed by atoms with Gasteiger partial charge in [0.05, 0.1) is 12.5 Å². The van der Waals surface area contributed by atoms with E-state index in [1.807, 2.05) is 12.3 Å². The molecule has 1 aliphatic rings. The molecule has 1 aromatic rings. The van der Waals surface area contributed by atoms with E-state index in [-0.39, 0.29) is 0 Å². The van der Waals surface area contributed by atoms with Gasteiger partial charge in [0.15, 0.2) is 0 Å². The van der Waals surface area contributed by atoms with Crippen LogP contribution in [0.1, 0.15) is 37.7 Å². The fraction of sp³-hybridized carbons (Fsp3) is 0.538. The van der Waals surface area contributed by atoms with Crippen molar-refractivity contribution in [2.24, 2.45) is 5.92 Å². The van der Waals surface area contributed by atoms with E-state index in [9.17, 15) is 0 Å². The van der Waals surface area contributed by atoms with E-state index in [4.69, 9.17) is 4.42 Å². The molecule has 1 nitrogen and oxygen atoms in total. The zero-order valence-electron chi connectivity index (χ0n) is 8.92. The summed E-state index contributed by atoms with van der Waals surface area (Å²) in [5, 5.41) is 0.989. The average molecular weight is 269 g/mol. The third-order valence-electron chi connectivity index (χ3n) is 3.18. The molecule has 1 heterocycles. The number of alkyl halides is 1. The Hall–Kier alpha value is -0.500. The first-order valence-electron chi connectivity index (χ1n) is 5.69. The maximum Gasteiger partial charge on any atom is 0.0974 e. The van der Waals surface area contributed by atoms with Crippen molar-refractivity contribution < 1.29 is 4.42 Å². The highest BCUT2D eigenvalue weighted by Gasteiger charge is 2.16. The summed E-state index contributed by atoms with van der Waals surface area (Å²) in [5.41, 5.74) is 2.71. The molecule has 1 saturated carbocycles. The van der Waals surface area contributed by atoms with Gasteiger partial charge in [-0.3, -0.25) is 0 Å². The lowest BCUT2D eigenvalue weighted by molar-refractivity contribution is 0.405. The van der Waals surface area contributed by atoms with E-state index >= 15 is 0 Å². The lowest BCUT2D eigenvalue weighted by atomic mass is 9.84. The van der Waals surface area contributed by atoms with Crippen molar-refractivity contribution in [3.05, 3.63) is 29.7 Å². The number of hydrogen-bond acceptors (Lipinski definition) is 1. The Morgan fingerprint density at radius 3 is 2.80 bits per heavy atom. The fourth-order valence-corrected chi connectivity index (χ4v) is 2.93. The lowest BCUT2D eigenvalue weighted by Gasteiger charge is -2.23. The third-order valence-corrected chi connectivity index (χ3v) is 3.83. The second-order valence-electron chi connectivity index (χ2n) is 4.24. The summed E-state index contributed by atoms with van der Waals surface area (Å²) < 4.78 is 5.09. The van der Waals surface area contributed by atoms with Crippen molar-refractivity contribution in [2.75, 3.05) is 5.33 Å². The molecule has 0 aromatic carbocycles. The maximum absolute atomic E-state index is 5.09. The standard InChI is InChI=1S/C13H17BrO/c14-9-13(8-11-6-7-15-10-11)12-4-2-1-3-5-12/h6-8,10,12H,1-5,9H2/b13-8-. The minimum Gasteiger partial charge on any atom is -0.472 e. The number of halogens is 1. The van der Waals surface area contributed by atoms with Gasteiger partial charge < -0.3 is 4.42 Å². The van der Waals surface area contributed by atoms with E-state index in [0.717, 1.165) is 11.2 Å². The summed E-state index contributed by atoms with van der Waals surface area (Å²) in [6.45, 7) is 0. The van der Waals surface area contributed by atoms with E-state index in [1.165, 1.54) is 43.2 Å². The molecule has 15 heavy (non-hydrogen) atoms. The number of furan rings is 1. The van der Waals surface area contributed by atoms with Crippen LogP contribution in [0.4, 0.5) is 0 Å². The molecule has 0 spiro atoms. The molecule has 0 atom stereocenters.